The number of hydrogen-bond donors (Lipinski definition) is 1. The molecule has 0 spiro atoms. The summed E-state index contributed by atoms with van der Waals surface area (Å²) in [6, 6.07) is 10.9. The van der Waals surface area contributed by atoms with Crippen LogP contribution in [0.3, 0.4) is 0 Å². The van der Waals surface area contributed by atoms with Crippen molar-refractivity contribution in [1.29, 1.82) is 0 Å². The second-order valence-electron chi connectivity index (χ2n) is 7.87. The van der Waals surface area contributed by atoms with Crippen molar-refractivity contribution < 1.29 is 17.9 Å². The summed E-state index contributed by atoms with van der Waals surface area (Å²) in [5.74, 6) is -0.00693. The number of amides is 1. The van der Waals surface area contributed by atoms with Gasteiger partial charge in [0.15, 0.2) is 6.10 Å². The minimum absolute atomic E-state index is 0.0759. The number of carbonyl (C=O) groups excluding carboxylic acids is 1. The highest BCUT2D eigenvalue weighted by Gasteiger charge is 2.35. The van der Waals surface area contributed by atoms with E-state index in [1.54, 1.807) is 24.4 Å². The van der Waals surface area contributed by atoms with Crippen LogP contribution < -0.4 is 14.4 Å². The fourth-order valence-corrected chi connectivity index (χ4v) is 3.87. The number of ether oxygens (including phenoxy) is 1. The van der Waals surface area contributed by atoms with Crippen molar-refractivity contribution in [2.75, 3.05) is 17.1 Å². The molecule has 1 aromatic carbocycles. The molecule has 2 heterocycles. The first kappa shape index (κ1) is 20.1. The Morgan fingerprint density at radius 3 is 2.64 bits per heavy atom. The molecule has 1 atom stereocenters. The van der Waals surface area contributed by atoms with Gasteiger partial charge in [-0.2, -0.15) is 0 Å². The van der Waals surface area contributed by atoms with Gasteiger partial charge in [-0.15, -0.1) is 0 Å². The second-order valence-corrected chi connectivity index (χ2v) is 9.78. The fraction of sp³-hybridized carbons (Fsp3) is 0.400. The minimum Gasteiger partial charge on any atom is -0.476 e. The maximum Gasteiger partial charge on any atom is 0.263 e. The molecule has 2 aromatic rings. The highest BCUT2D eigenvalue weighted by Crippen LogP contribution is 2.38. The Kier molecular flexibility index (Phi) is 5.34. The van der Waals surface area contributed by atoms with E-state index in [1.165, 1.54) is 4.31 Å². The molecule has 3 rings (SSSR count). The van der Waals surface area contributed by atoms with Crippen molar-refractivity contribution >= 4 is 21.6 Å². The SMILES string of the molecule is CC(C)(C)c1ccc2c(c1)N(S(C)(=O)=O)CC(C(=O)NCc1ccccn1)O2. The second kappa shape index (κ2) is 7.43. The molecular weight excluding hydrogens is 378 g/mol. The Morgan fingerprint density at radius 1 is 1.29 bits per heavy atom. The van der Waals surface area contributed by atoms with Crippen molar-refractivity contribution in [3.63, 3.8) is 0 Å². The van der Waals surface area contributed by atoms with E-state index >= 15 is 0 Å². The third kappa shape index (κ3) is 4.44. The third-order valence-corrected chi connectivity index (χ3v) is 5.70. The Balaban J connectivity index is 1.85. The van der Waals surface area contributed by atoms with Gasteiger partial charge in [-0.1, -0.05) is 32.9 Å². The first-order valence-electron chi connectivity index (χ1n) is 9.02. The number of pyridine rings is 1. The first-order chi connectivity index (χ1) is 13.1. The lowest BCUT2D eigenvalue weighted by molar-refractivity contribution is -0.127. The Bertz CT molecular complexity index is 969. The summed E-state index contributed by atoms with van der Waals surface area (Å²) in [5.41, 5.74) is 2.02. The van der Waals surface area contributed by atoms with Crippen molar-refractivity contribution in [3.8, 4) is 5.75 Å². The quantitative estimate of drug-likeness (QED) is 0.846. The zero-order valence-corrected chi connectivity index (χ0v) is 17.3. The molecule has 1 amide bonds. The molecule has 0 aliphatic carbocycles. The van der Waals surface area contributed by atoms with Crippen LogP contribution in [0.1, 0.15) is 32.0 Å². The molecule has 1 aromatic heterocycles. The number of benzene rings is 1. The van der Waals surface area contributed by atoms with E-state index < -0.39 is 16.1 Å². The lowest BCUT2D eigenvalue weighted by Gasteiger charge is -2.35. The van der Waals surface area contributed by atoms with E-state index in [0.717, 1.165) is 11.8 Å². The maximum atomic E-state index is 12.6. The summed E-state index contributed by atoms with van der Waals surface area (Å²) in [5, 5.41) is 2.76. The molecule has 7 nitrogen and oxygen atoms in total. The van der Waals surface area contributed by atoms with Gasteiger partial charge in [0.2, 0.25) is 10.0 Å². The monoisotopic (exact) mass is 403 g/mol. The predicted octanol–water partition coefficient (Wildman–Crippen LogP) is 2.22. The number of aromatic nitrogens is 1. The highest BCUT2D eigenvalue weighted by atomic mass is 32.2. The van der Waals surface area contributed by atoms with Crippen molar-refractivity contribution in [2.24, 2.45) is 0 Å². The largest absolute Gasteiger partial charge is 0.476 e. The summed E-state index contributed by atoms with van der Waals surface area (Å²) >= 11 is 0. The molecule has 150 valence electrons. The summed E-state index contributed by atoms with van der Waals surface area (Å²) in [4.78, 5) is 16.8. The van der Waals surface area contributed by atoms with E-state index in [2.05, 4.69) is 31.1 Å². The standard InChI is InChI=1S/C20H25N3O4S/c1-20(2,3)14-8-9-17-16(11-14)23(28(4,25)26)13-18(27-17)19(24)22-12-15-7-5-6-10-21-15/h5-11,18H,12-13H2,1-4H3,(H,22,24). The molecule has 28 heavy (non-hydrogen) atoms. The molecule has 1 aliphatic rings. The molecule has 0 saturated carbocycles. The van der Waals surface area contributed by atoms with Crippen molar-refractivity contribution in [3.05, 3.63) is 53.9 Å². The maximum absolute atomic E-state index is 12.6. The summed E-state index contributed by atoms with van der Waals surface area (Å²) in [6.07, 6.45) is 1.84. The Labute approximate surface area is 165 Å². The van der Waals surface area contributed by atoms with Crippen LogP contribution in [-0.4, -0.2) is 38.2 Å². The summed E-state index contributed by atoms with van der Waals surface area (Å²) in [7, 11) is -3.57. The molecule has 0 saturated heterocycles. The molecule has 0 bridgehead atoms. The van der Waals surface area contributed by atoms with Crippen LogP contribution in [0.4, 0.5) is 5.69 Å². The van der Waals surface area contributed by atoms with Crippen LogP contribution in [0.2, 0.25) is 0 Å². The van der Waals surface area contributed by atoms with Crippen LogP contribution >= 0.6 is 0 Å². The van der Waals surface area contributed by atoms with E-state index in [0.29, 0.717) is 17.1 Å². The average Bonchev–Trinajstić information content (AvgIpc) is 2.64. The molecule has 8 heteroatoms. The predicted molar refractivity (Wildman–Crippen MR) is 108 cm³/mol. The van der Waals surface area contributed by atoms with Gasteiger partial charge >= 0.3 is 0 Å². The number of sulfonamides is 1. The smallest absolute Gasteiger partial charge is 0.263 e. The Hall–Kier alpha value is -2.61. The van der Waals surface area contributed by atoms with Crippen molar-refractivity contribution in [2.45, 2.75) is 38.8 Å². The van der Waals surface area contributed by atoms with E-state index in [1.807, 2.05) is 18.2 Å². The minimum atomic E-state index is -3.57. The van der Waals surface area contributed by atoms with Crippen LogP contribution in [0.15, 0.2) is 42.6 Å². The Morgan fingerprint density at radius 2 is 2.04 bits per heavy atom. The van der Waals surface area contributed by atoms with Gasteiger partial charge in [0.25, 0.3) is 5.91 Å². The van der Waals surface area contributed by atoms with E-state index in [4.69, 9.17) is 4.74 Å². The van der Waals surface area contributed by atoms with Gasteiger partial charge in [-0.25, -0.2) is 8.42 Å². The van der Waals surface area contributed by atoms with E-state index in [-0.39, 0.29) is 24.4 Å². The fourth-order valence-electron chi connectivity index (χ4n) is 2.96. The molecule has 0 fully saturated rings. The molecular formula is C20H25N3O4S. The number of carbonyl (C=O) groups is 1. The number of nitrogens with one attached hydrogen (secondary N) is 1. The number of nitrogens with zero attached hydrogens (tertiary/aromatic N) is 2. The van der Waals surface area contributed by atoms with Gasteiger partial charge in [-0.05, 0) is 35.2 Å². The lowest BCUT2D eigenvalue weighted by atomic mass is 9.86. The van der Waals surface area contributed by atoms with Gasteiger partial charge in [0.1, 0.15) is 5.75 Å². The number of fused-ring (bicyclic) bond motifs is 1. The molecule has 1 aliphatic heterocycles. The zero-order chi connectivity index (χ0) is 20.5. The number of anilines is 1. The molecule has 1 unspecified atom stereocenters. The third-order valence-electron chi connectivity index (χ3n) is 4.56. The first-order valence-corrected chi connectivity index (χ1v) is 10.9. The van der Waals surface area contributed by atoms with Crippen molar-refractivity contribution in [1.82, 2.24) is 10.3 Å². The summed E-state index contributed by atoms with van der Waals surface area (Å²) in [6.45, 7) is 6.33. The number of hydrogen-bond acceptors (Lipinski definition) is 5. The van der Waals surface area contributed by atoms with Gasteiger partial charge < -0.3 is 10.1 Å². The lowest BCUT2D eigenvalue weighted by Crippen LogP contribution is -2.50. The molecule has 0 radical (unpaired) electrons. The van der Waals surface area contributed by atoms with Crippen LogP contribution in [-0.2, 0) is 26.8 Å². The zero-order valence-electron chi connectivity index (χ0n) is 16.5. The van der Waals surface area contributed by atoms with Gasteiger partial charge in [0.05, 0.1) is 30.7 Å². The van der Waals surface area contributed by atoms with Gasteiger partial charge in [0, 0.05) is 6.20 Å². The summed E-state index contributed by atoms with van der Waals surface area (Å²) < 4.78 is 31.9. The average molecular weight is 404 g/mol. The normalized spacial score (nSPS) is 16.9. The number of rotatable bonds is 4. The van der Waals surface area contributed by atoms with Crippen LogP contribution in [0.5, 0.6) is 5.75 Å². The van der Waals surface area contributed by atoms with Crippen LogP contribution in [0, 0.1) is 0 Å². The van der Waals surface area contributed by atoms with E-state index in [9.17, 15) is 13.2 Å². The van der Waals surface area contributed by atoms with Gasteiger partial charge in [-0.3, -0.25) is 14.1 Å². The highest BCUT2D eigenvalue weighted by molar-refractivity contribution is 7.92. The topological polar surface area (TPSA) is 88.6 Å². The van der Waals surface area contributed by atoms with Crippen LogP contribution in [0.25, 0.3) is 0 Å². The molecule has 1 N–H and O–H groups in total.